The predicted molar refractivity (Wildman–Crippen MR) is 97.6 cm³/mol. The molecular formula is C21H21NO4. The first-order chi connectivity index (χ1) is 12.8. The van der Waals surface area contributed by atoms with Gasteiger partial charge in [0.2, 0.25) is 5.90 Å². The van der Waals surface area contributed by atoms with Crippen LogP contribution in [0.15, 0.2) is 53.5 Å². The summed E-state index contributed by atoms with van der Waals surface area (Å²) in [6.07, 6.45) is 1.51. The molecule has 5 heteroatoms. The molecular weight excluding hydrogens is 330 g/mol. The number of aliphatic imine (C=N–C) groups is 1. The van der Waals surface area contributed by atoms with Gasteiger partial charge in [-0.3, -0.25) is 4.79 Å². The van der Waals surface area contributed by atoms with Crippen molar-refractivity contribution in [3.8, 4) is 5.75 Å². The molecule has 0 aromatic heterocycles. The Bertz CT molecular complexity index is 828. The second kappa shape index (κ2) is 7.30. The number of hydrogen-bond donors (Lipinski definition) is 1. The monoisotopic (exact) mass is 351 g/mol. The molecule has 134 valence electrons. The number of aryl methyl sites for hydroxylation is 1. The van der Waals surface area contributed by atoms with Crippen molar-refractivity contribution in [2.24, 2.45) is 4.99 Å². The summed E-state index contributed by atoms with van der Waals surface area (Å²) in [6.45, 7) is 0.587. The Morgan fingerprint density at radius 1 is 1.12 bits per heavy atom. The van der Waals surface area contributed by atoms with Crippen molar-refractivity contribution in [3.63, 3.8) is 0 Å². The Kier molecular flexibility index (Phi) is 4.71. The van der Waals surface area contributed by atoms with E-state index in [1.807, 2.05) is 42.5 Å². The zero-order valence-corrected chi connectivity index (χ0v) is 14.4. The lowest BCUT2D eigenvalue weighted by molar-refractivity contribution is -0.121. The highest BCUT2D eigenvalue weighted by Crippen LogP contribution is 2.37. The van der Waals surface area contributed by atoms with E-state index in [2.05, 4.69) is 11.1 Å². The molecule has 26 heavy (non-hydrogen) atoms. The molecule has 4 rings (SSSR count). The molecule has 1 aliphatic carbocycles. The number of carbonyl (C=O) groups excluding carboxylic acids is 1. The molecule has 0 radical (unpaired) electrons. The number of aliphatic hydroxyl groups excluding tert-OH is 1. The summed E-state index contributed by atoms with van der Waals surface area (Å²) in [4.78, 5) is 17.1. The van der Waals surface area contributed by atoms with Crippen LogP contribution in [0.3, 0.4) is 0 Å². The number of fused-ring (bicyclic) bond motifs is 3. The molecule has 2 atom stereocenters. The first-order valence-electron chi connectivity index (χ1n) is 8.95. The fourth-order valence-corrected chi connectivity index (χ4v) is 3.42. The molecule has 1 N–H and O–H groups in total. The van der Waals surface area contributed by atoms with Crippen LogP contribution in [0.1, 0.15) is 35.6 Å². The number of benzene rings is 2. The van der Waals surface area contributed by atoms with Crippen LogP contribution in [0.4, 0.5) is 0 Å². The van der Waals surface area contributed by atoms with Gasteiger partial charge in [0.25, 0.3) is 0 Å². The van der Waals surface area contributed by atoms with Gasteiger partial charge in [0.15, 0.2) is 17.9 Å². The number of rotatable bonds is 5. The molecule has 0 spiro atoms. The zero-order valence-electron chi connectivity index (χ0n) is 14.4. The summed E-state index contributed by atoms with van der Waals surface area (Å²) in [6, 6.07) is 15.1. The largest absolute Gasteiger partial charge is 0.494 e. The van der Waals surface area contributed by atoms with E-state index >= 15 is 0 Å². The van der Waals surface area contributed by atoms with Gasteiger partial charge in [-0.15, -0.1) is 0 Å². The van der Waals surface area contributed by atoms with Crippen LogP contribution < -0.4 is 4.74 Å². The number of carbonyl (C=O) groups is 1. The van der Waals surface area contributed by atoms with E-state index in [9.17, 15) is 4.79 Å². The standard InChI is InChI=1S/C21H21NO4/c23-12-3-13-25-16-9-6-15(7-10-16)21-22-19-18(24)11-8-14-4-1-2-5-17(14)20(19)26-21/h1-2,4-7,9-10,19-20,23H,3,8,11-13H2/t19-,20-/m1/s1. The maximum absolute atomic E-state index is 12.5. The number of Topliss-reactive ketones (excluding diaryl/α,β-unsaturated/α-hetero) is 1. The summed E-state index contributed by atoms with van der Waals surface area (Å²) in [5.74, 6) is 1.37. The summed E-state index contributed by atoms with van der Waals surface area (Å²) >= 11 is 0. The first kappa shape index (κ1) is 16.8. The fourth-order valence-electron chi connectivity index (χ4n) is 3.42. The summed E-state index contributed by atoms with van der Waals surface area (Å²) in [5, 5.41) is 8.80. The average Bonchev–Trinajstić information content (AvgIpc) is 3.07. The van der Waals surface area contributed by atoms with E-state index in [1.54, 1.807) is 0 Å². The van der Waals surface area contributed by atoms with Gasteiger partial charge in [-0.25, -0.2) is 4.99 Å². The Hall–Kier alpha value is -2.66. The van der Waals surface area contributed by atoms with Gasteiger partial charge >= 0.3 is 0 Å². The van der Waals surface area contributed by atoms with E-state index in [4.69, 9.17) is 14.6 Å². The molecule has 0 fully saturated rings. The zero-order chi connectivity index (χ0) is 17.9. The van der Waals surface area contributed by atoms with Crippen molar-refractivity contribution in [1.29, 1.82) is 0 Å². The van der Waals surface area contributed by atoms with Crippen molar-refractivity contribution in [1.82, 2.24) is 0 Å². The molecule has 2 aromatic carbocycles. The Balaban J connectivity index is 1.55. The third-order valence-corrected chi connectivity index (χ3v) is 4.79. The average molecular weight is 351 g/mol. The molecule has 0 saturated heterocycles. The smallest absolute Gasteiger partial charge is 0.217 e. The lowest BCUT2D eigenvalue weighted by atomic mass is 9.99. The van der Waals surface area contributed by atoms with Crippen molar-refractivity contribution in [2.45, 2.75) is 31.4 Å². The van der Waals surface area contributed by atoms with E-state index in [0.717, 1.165) is 28.9 Å². The van der Waals surface area contributed by atoms with Gasteiger partial charge < -0.3 is 14.6 Å². The van der Waals surface area contributed by atoms with E-state index in [1.165, 1.54) is 0 Å². The highest BCUT2D eigenvalue weighted by Gasteiger charge is 2.40. The number of ketones is 1. The highest BCUT2D eigenvalue weighted by atomic mass is 16.5. The minimum Gasteiger partial charge on any atom is -0.494 e. The van der Waals surface area contributed by atoms with Gasteiger partial charge in [0, 0.05) is 25.0 Å². The molecule has 0 unspecified atom stereocenters. The quantitative estimate of drug-likeness (QED) is 0.841. The van der Waals surface area contributed by atoms with Crippen LogP contribution >= 0.6 is 0 Å². The van der Waals surface area contributed by atoms with Crippen LogP contribution in [0.2, 0.25) is 0 Å². The van der Waals surface area contributed by atoms with Crippen molar-refractivity contribution >= 4 is 11.7 Å². The predicted octanol–water partition coefficient (Wildman–Crippen LogP) is 2.85. The summed E-state index contributed by atoms with van der Waals surface area (Å²) in [5.41, 5.74) is 3.06. The lowest BCUT2D eigenvalue weighted by Crippen LogP contribution is -2.22. The topological polar surface area (TPSA) is 68.1 Å². The van der Waals surface area contributed by atoms with Crippen LogP contribution in [0, 0.1) is 0 Å². The second-order valence-electron chi connectivity index (χ2n) is 6.53. The number of hydrogen-bond acceptors (Lipinski definition) is 5. The minimum atomic E-state index is -0.464. The van der Waals surface area contributed by atoms with E-state index in [0.29, 0.717) is 25.3 Å². The fraction of sp³-hybridized carbons (Fsp3) is 0.333. The van der Waals surface area contributed by atoms with Crippen LogP contribution in [-0.2, 0) is 16.0 Å². The molecule has 0 saturated carbocycles. The molecule has 2 aliphatic rings. The number of aliphatic hydroxyl groups is 1. The Labute approximate surface area is 152 Å². The molecule has 2 aromatic rings. The van der Waals surface area contributed by atoms with E-state index < -0.39 is 6.04 Å². The minimum absolute atomic E-state index is 0.112. The molecule has 1 aliphatic heterocycles. The molecule has 0 amide bonds. The van der Waals surface area contributed by atoms with Crippen molar-refractivity contribution < 1.29 is 19.4 Å². The lowest BCUT2D eigenvalue weighted by Gasteiger charge is -2.16. The summed E-state index contributed by atoms with van der Waals surface area (Å²) in [7, 11) is 0. The maximum atomic E-state index is 12.5. The number of nitrogens with zero attached hydrogens (tertiary/aromatic N) is 1. The summed E-state index contributed by atoms with van der Waals surface area (Å²) < 4.78 is 11.7. The van der Waals surface area contributed by atoms with Crippen LogP contribution in [-0.4, -0.2) is 36.0 Å². The Morgan fingerprint density at radius 3 is 2.73 bits per heavy atom. The Morgan fingerprint density at radius 2 is 1.92 bits per heavy atom. The molecule has 1 heterocycles. The van der Waals surface area contributed by atoms with Crippen molar-refractivity contribution in [3.05, 3.63) is 65.2 Å². The molecule has 5 nitrogen and oxygen atoms in total. The van der Waals surface area contributed by atoms with Crippen LogP contribution in [0.5, 0.6) is 5.75 Å². The van der Waals surface area contributed by atoms with Gasteiger partial charge in [0.05, 0.1) is 6.61 Å². The van der Waals surface area contributed by atoms with E-state index in [-0.39, 0.29) is 18.5 Å². The maximum Gasteiger partial charge on any atom is 0.217 e. The van der Waals surface area contributed by atoms with Gasteiger partial charge in [-0.05, 0) is 41.8 Å². The van der Waals surface area contributed by atoms with Gasteiger partial charge in [-0.1, -0.05) is 24.3 Å². The van der Waals surface area contributed by atoms with Crippen LogP contribution in [0.25, 0.3) is 0 Å². The highest BCUT2D eigenvalue weighted by molar-refractivity contribution is 5.99. The van der Waals surface area contributed by atoms with Gasteiger partial charge in [-0.2, -0.15) is 0 Å². The van der Waals surface area contributed by atoms with Crippen molar-refractivity contribution in [2.75, 3.05) is 13.2 Å². The third kappa shape index (κ3) is 3.22. The molecule has 0 bridgehead atoms. The number of ether oxygens (including phenoxy) is 2. The normalized spacial score (nSPS) is 21.3. The van der Waals surface area contributed by atoms with Gasteiger partial charge in [0.1, 0.15) is 5.75 Å². The second-order valence-corrected chi connectivity index (χ2v) is 6.53. The third-order valence-electron chi connectivity index (χ3n) is 4.79. The SMILES string of the molecule is O=C1CCc2ccccc2[C@H]2OC(c3ccc(OCCCO)cc3)=N[C@H]12. The first-order valence-corrected chi connectivity index (χ1v) is 8.95.